The van der Waals surface area contributed by atoms with Gasteiger partial charge in [0.1, 0.15) is 5.82 Å². The van der Waals surface area contributed by atoms with Gasteiger partial charge in [-0.05, 0) is 25.7 Å². The molecule has 0 saturated carbocycles. The molecule has 3 rings (SSSR count). The summed E-state index contributed by atoms with van der Waals surface area (Å²) in [5.74, 6) is 0.708. The highest BCUT2D eigenvalue weighted by atomic mass is 32.2. The van der Waals surface area contributed by atoms with Crippen molar-refractivity contribution in [3.05, 3.63) is 46.1 Å². The number of aromatic nitrogens is 4. The average Bonchev–Trinajstić information content (AvgIpc) is 3.04. The van der Waals surface area contributed by atoms with Crippen molar-refractivity contribution in [2.45, 2.75) is 31.6 Å². The van der Waals surface area contributed by atoms with E-state index in [0.29, 0.717) is 17.5 Å². The fourth-order valence-electron chi connectivity index (χ4n) is 2.43. The van der Waals surface area contributed by atoms with Gasteiger partial charge < -0.3 is 5.32 Å². The molecule has 0 spiro atoms. The van der Waals surface area contributed by atoms with E-state index in [1.165, 1.54) is 23.9 Å². The number of nitrogens with one attached hydrogen (secondary N) is 1. The van der Waals surface area contributed by atoms with E-state index in [1.807, 2.05) is 10.9 Å². The fourth-order valence-corrected chi connectivity index (χ4v) is 2.79. The van der Waals surface area contributed by atoms with Crippen LogP contribution in [0.1, 0.15) is 25.5 Å². The van der Waals surface area contributed by atoms with E-state index in [4.69, 9.17) is 0 Å². The molecule has 25 heavy (non-hydrogen) atoms. The highest BCUT2D eigenvalue weighted by molar-refractivity contribution is 7.98. The van der Waals surface area contributed by atoms with Crippen molar-refractivity contribution in [1.82, 2.24) is 19.7 Å². The predicted octanol–water partition coefficient (Wildman–Crippen LogP) is 3.65. The minimum Gasteiger partial charge on any atom is -0.365 e. The minimum atomic E-state index is -0.407. The third kappa shape index (κ3) is 3.55. The van der Waals surface area contributed by atoms with E-state index in [-0.39, 0.29) is 11.7 Å². The van der Waals surface area contributed by atoms with Crippen LogP contribution in [0.15, 0.2) is 35.6 Å². The summed E-state index contributed by atoms with van der Waals surface area (Å²) in [6.45, 7) is 4.61. The molecule has 0 atom stereocenters. The zero-order chi connectivity index (χ0) is 18.0. The summed E-state index contributed by atoms with van der Waals surface area (Å²) in [5.41, 5.74) is 1.80. The third-order valence-corrected chi connectivity index (χ3v) is 4.26. The van der Waals surface area contributed by atoms with Crippen molar-refractivity contribution >= 4 is 34.3 Å². The van der Waals surface area contributed by atoms with Crippen LogP contribution in [0.5, 0.6) is 0 Å². The number of thioether (sulfide) groups is 1. The minimum absolute atomic E-state index is 0.0797. The van der Waals surface area contributed by atoms with E-state index >= 15 is 0 Å². The number of hydrogen-bond acceptors (Lipinski definition) is 7. The largest absolute Gasteiger partial charge is 0.365 e. The first-order valence-electron chi connectivity index (χ1n) is 7.76. The van der Waals surface area contributed by atoms with E-state index in [0.717, 1.165) is 16.6 Å². The molecule has 1 N–H and O–H groups in total. The summed E-state index contributed by atoms with van der Waals surface area (Å²) in [7, 11) is 0. The van der Waals surface area contributed by atoms with Crippen LogP contribution in [0.3, 0.4) is 0 Å². The Labute approximate surface area is 148 Å². The number of non-ortho nitro benzene ring substituents is 1. The maximum atomic E-state index is 10.7. The van der Waals surface area contributed by atoms with Crippen LogP contribution in [-0.2, 0) is 6.54 Å². The lowest BCUT2D eigenvalue weighted by Gasteiger charge is -2.10. The Hall–Kier alpha value is -2.68. The van der Waals surface area contributed by atoms with E-state index < -0.39 is 4.92 Å². The van der Waals surface area contributed by atoms with Crippen molar-refractivity contribution in [2.24, 2.45) is 0 Å². The molecule has 1 aromatic carbocycles. The second-order valence-corrected chi connectivity index (χ2v) is 6.53. The zero-order valence-electron chi connectivity index (χ0n) is 14.1. The van der Waals surface area contributed by atoms with Crippen LogP contribution in [0, 0.1) is 10.1 Å². The number of anilines is 1. The molecule has 3 aromatic rings. The molecular weight excluding hydrogens is 340 g/mol. The molecule has 0 aliphatic carbocycles. The number of rotatable bonds is 6. The SMILES string of the molecule is CSc1nc(NCc2ccc([N+](=O)[O-])cc2)c2cnn(C(C)C)c2n1. The van der Waals surface area contributed by atoms with Crippen molar-refractivity contribution in [2.75, 3.05) is 11.6 Å². The Morgan fingerprint density at radius 1 is 1.28 bits per heavy atom. The third-order valence-electron chi connectivity index (χ3n) is 3.71. The first-order chi connectivity index (χ1) is 12.0. The van der Waals surface area contributed by atoms with Crippen molar-refractivity contribution < 1.29 is 4.92 Å². The van der Waals surface area contributed by atoms with Crippen LogP contribution in [0.4, 0.5) is 11.5 Å². The molecule has 0 fully saturated rings. The lowest BCUT2D eigenvalue weighted by molar-refractivity contribution is -0.384. The highest BCUT2D eigenvalue weighted by Crippen LogP contribution is 2.25. The molecular formula is C16H18N6O2S. The molecule has 0 saturated heterocycles. The maximum absolute atomic E-state index is 10.7. The standard InChI is InChI=1S/C16H18N6O2S/c1-10(2)21-15-13(9-18-21)14(19-16(20-15)25-3)17-8-11-4-6-12(7-5-11)22(23)24/h4-7,9-10H,8H2,1-3H3,(H,17,19,20). The van der Waals surface area contributed by atoms with Gasteiger partial charge in [-0.2, -0.15) is 5.10 Å². The summed E-state index contributed by atoms with van der Waals surface area (Å²) in [6, 6.07) is 6.66. The van der Waals surface area contributed by atoms with Crippen molar-refractivity contribution in [3.63, 3.8) is 0 Å². The van der Waals surface area contributed by atoms with Crippen LogP contribution in [0.2, 0.25) is 0 Å². The van der Waals surface area contributed by atoms with Crippen LogP contribution in [0.25, 0.3) is 11.0 Å². The molecule has 2 aromatic heterocycles. The van der Waals surface area contributed by atoms with Crippen molar-refractivity contribution in [3.8, 4) is 0 Å². The summed E-state index contributed by atoms with van der Waals surface area (Å²) in [5, 5.41) is 19.9. The molecule has 0 unspecified atom stereocenters. The molecule has 0 bridgehead atoms. The molecule has 8 nitrogen and oxygen atoms in total. The Morgan fingerprint density at radius 2 is 2.00 bits per heavy atom. The smallest absolute Gasteiger partial charge is 0.269 e. The zero-order valence-corrected chi connectivity index (χ0v) is 14.9. The maximum Gasteiger partial charge on any atom is 0.269 e. The Balaban J connectivity index is 1.88. The number of nitrogens with zero attached hydrogens (tertiary/aromatic N) is 5. The van der Waals surface area contributed by atoms with Crippen LogP contribution < -0.4 is 5.32 Å². The number of benzene rings is 1. The lowest BCUT2D eigenvalue weighted by Crippen LogP contribution is -2.06. The predicted molar refractivity (Wildman–Crippen MR) is 97.9 cm³/mol. The molecule has 130 valence electrons. The Kier molecular flexibility index (Phi) is 4.84. The van der Waals surface area contributed by atoms with Gasteiger partial charge >= 0.3 is 0 Å². The van der Waals surface area contributed by atoms with Gasteiger partial charge in [-0.25, -0.2) is 14.6 Å². The van der Waals surface area contributed by atoms with E-state index in [1.54, 1.807) is 18.3 Å². The van der Waals surface area contributed by atoms with Gasteiger partial charge in [0.25, 0.3) is 5.69 Å². The molecule has 0 aliphatic heterocycles. The van der Waals surface area contributed by atoms with E-state index in [9.17, 15) is 10.1 Å². The number of nitro benzene ring substituents is 1. The van der Waals surface area contributed by atoms with Crippen molar-refractivity contribution in [1.29, 1.82) is 0 Å². The van der Waals surface area contributed by atoms with Crippen LogP contribution >= 0.6 is 11.8 Å². The normalized spacial score (nSPS) is 11.2. The molecule has 0 radical (unpaired) electrons. The molecule has 2 heterocycles. The average molecular weight is 358 g/mol. The summed E-state index contributed by atoms with van der Waals surface area (Å²) in [6.07, 6.45) is 3.69. The Bertz CT molecular complexity index is 907. The molecule has 9 heteroatoms. The molecule has 0 aliphatic rings. The van der Waals surface area contributed by atoms with Gasteiger partial charge in [0, 0.05) is 24.7 Å². The van der Waals surface area contributed by atoms with E-state index in [2.05, 4.69) is 34.2 Å². The van der Waals surface area contributed by atoms with Crippen LogP contribution in [-0.4, -0.2) is 30.9 Å². The number of nitro groups is 1. The highest BCUT2D eigenvalue weighted by Gasteiger charge is 2.14. The first-order valence-corrected chi connectivity index (χ1v) is 8.98. The van der Waals surface area contributed by atoms with Gasteiger partial charge in [0.15, 0.2) is 10.8 Å². The second kappa shape index (κ2) is 7.06. The van der Waals surface area contributed by atoms with Gasteiger partial charge in [-0.1, -0.05) is 23.9 Å². The summed E-state index contributed by atoms with van der Waals surface area (Å²) < 4.78 is 1.87. The number of hydrogen-bond donors (Lipinski definition) is 1. The second-order valence-electron chi connectivity index (χ2n) is 5.76. The van der Waals surface area contributed by atoms with Gasteiger partial charge in [-0.3, -0.25) is 10.1 Å². The summed E-state index contributed by atoms with van der Waals surface area (Å²) >= 11 is 1.47. The number of fused-ring (bicyclic) bond motifs is 1. The lowest BCUT2D eigenvalue weighted by atomic mass is 10.2. The topological polar surface area (TPSA) is 98.8 Å². The summed E-state index contributed by atoms with van der Waals surface area (Å²) in [4.78, 5) is 19.4. The Morgan fingerprint density at radius 3 is 2.60 bits per heavy atom. The van der Waals surface area contributed by atoms with Gasteiger partial charge in [-0.15, -0.1) is 0 Å². The fraction of sp³-hybridized carbons (Fsp3) is 0.312. The van der Waals surface area contributed by atoms with Gasteiger partial charge in [0.05, 0.1) is 16.5 Å². The quantitative estimate of drug-likeness (QED) is 0.311. The van der Waals surface area contributed by atoms with Gasteiger partial charge in [0.2, 0.25) is 0 Å². The monoisotopic (exact) mass is 358 g/mol. The first kappa shape index (κ1) is 17.2. The molecule has 0 amide bonds.